The largest absolute Gasteiger partial charge is 0.497 e. The van der Waals surface area contributed by atoms with Crippen LogP contribution in [0.25, 0.3) is 0 Å². The Labute approximate surface area is 165 Å². The van der Waals surface area contributed by atoms with E-state index in [0.717, 1.165) is 42.7 Å². The molecule has 2 amide bonds. The van der Waals surface area contributed by atoms with Crippen LogP contribution < -0.4 is 15.0 Å². The number of hydrogen-bond donors (Lipinski definition) is 1. The van der Waals surface area contributed by atoms with Crippen LogP contribution in [-0.4, -0.2) is 31.5 Å². The third-order valence-corrected chi connectivity index (χ3v) is 6.04. The van der Waals surface area contributed by atoms with Crippen LogP contribution in [0.2, 0.25) is 0 Å². The summed E-state index contributed by atoms with van der Waals surface area (Å²) >= 11 is 0. The van der Waals surface area contributed by atoms with E-state index in [9.17, 15) is 9.59 Å². The van der Waals surface area contributed by atoms with Gasteiger partial charge in [0.2, 0.25) is 11.8 Å². The van der Waals surface area contributed by atoms with Gasteiger partial charge in [-0.2, -0.15) is 0 Å². The number of carbonyl (C=O) groups excluding carboxylic acids is 2. The summed E-state index contributed by atoms with van der Waals surface area (Å²) in [6.07, 6.45) is 4.06. The second-order valence-corrected chi connectivity index (χ2v) is 7.74. The first-order valence-electron chi connectivity index (χ1n) is 9.93. The van der Waals surface area contributed by atoms with Gasteiger partial charge in [-0.05, 0) is 42.7 Å². The van der Waals surface area contributed by atoms with Crippen molar-refractivity contribution >= 4 is 17.5 Å². The van der Waals surface area contributed by atoms with Gasteiger partial charge in [0.25, 0.3) is 0 Å². The standard InChI is InChI=1S/C23H26N2O3/c1-28-20-11-7-8-17(14-20)23(12-5-6-13-23)22(27)24-18-15-21(26)25(16-18)19-9-3-2-4-10-19/h2-4,7-11,14,18H,5-6,12-13,15-16H2,1H3,(H,24,27). The molecule has 0 bridgehead atoms. The topological polar surface area (TPSA) is 58.6 Å². The number of anilines is 1. The number of ether oxygens (including phenoxy) is 1. The molecule has 5 heteroatoms. The van der Waals surface area contributed by atoms with Gasteiger partial charge in [0, 0.05) is 18.7 Å². The zero-order valence-electron chi connectivity index (χ0n) is 16.2. The van der Waals surface area contributed by atoms with Crippen LogP contribution in [0.5, 0.6) is 5.75 Å². The summed E-state index contributed by atoms with van der Waals surface area (Å²) in [7, 11) is 1.64. The van der Waals surface area contributed by atoms with Crippen molar-refractivity contribution in [1.82, 2.24) is 5.32 Å². The second kappa shape index (κ2) is 7.66. The number of hydrogen-bond acceptors (Lipinski definition) is 3. The lowest BCUT2D eigenvalue weighted by Gasteiger charge is -2.30. The molecule has 5 nitrogen and oxygen atoms in total. The van der Waals surface area contributed by atoms with Gasteiger partial charge in [-0.1, -0.05) is 43.2 Å². The molecule has 2 fully saturated rings. The van der Waals surface area contributed by atoms with Gasteiger partial charge < -0.3 is 15.0 Å². The van der Waals surface area contributed by atoms with E-state index in [0.29, 0.717) is 13.0 Å². The van der Waals surface area contributed by atoms with E-state index < -0.39 is 5.41 Å². The molecule has 1 aliphatic carbocycles. The minimum atomic E-state index is -0.530. The molecule has 0 spiro atoms. The Balaban J connectivity index is 1.52. The van der Waals surface area contributed by atoms with Gasteiger partial charge in [0.15, 0.2) is 0 Å². The predicted octanol–water partition coefficient (Wildman–Crippen LogP) is 3.43. The number of nitrogens with zero attached hydrogens (tertiary/aromatic N) is 1. The molecule has 28 heavy (non-hydrogen) atoms. The Hall–Kier alpha value is -2.82. The molecule has 146 valence electrons. The van der Waals surface area contributed by atoms with Crippen molar-refractivity contribution in [2.45, 2.75) is 43.6 Å². The highest BCUT2D eigenvalue weighted by atomic mass is 16.5. The van der Waals surface area contributed by atoms with Crippen molar-refractivity contribution in [2.75, 3.05) is 18.6 Å². The third-order valence-electron chi connectivity index (χ3n) is 6.04. The molecule has 1 heterocycles. The normalized spacial score (nSPS) is 21.0. The van der Waals surface area contributed by atoms with E-state index in [2.05, 4.69) is 5.32 Å². The molecule has 1 saturated heterocycles. The quantitative estimate of drug-likeness (QED) is 0.867. The maximum absolute atomic E-state index is 13.4. The third kappa shape index (κ3) is 3.37. The predicted molar refractivity (Wildman–Crippen MR) is 108 cm³/mol. The van der Waals surface area contributed by atoms with E-state index in [-0.39, 0.29) is 17.9 Å². The molecule has 2 aromatic rings. The smallest absolute Gasteiger partial charge is 0.230 e. The highest BCUT2D eigenvalue weighted by Gasteiger charge is 2.44. The molecule has 4 rings (SSSR count). The molecule has 1 unspecified atom stereocenters. The number of benzene rings is 2. The highest BCUT2D eigenvalue weighted by Crippen LogP contribution is 2.42. The van der Waals surface area contributed by atoms with E-state index in [4.69, 9.17) is 4.74 Å². The first-order chi connectivity index (χ1) is 13.6. The van der Waals surface area contributed by atoms with E-state index >= 15 is 0 Å². The molecular formula is C23H26N2O3. The summed E-state index contributed by atoms with van der Waals surface area (Å²) < 4.78 is 5.37. The first kappa shape index (κ1) is 18.5. The van der Waals surface area contributed by atoms with Gasteiger partial charge in [-0.25, -0.2) is 0 Å². The number of amides is 2. The molecular weight excluding hydrogens is 352 g/mol. The number of rotatable bonds is 5. The van der Waals surface area contributed by atoms with Crippen LogP contribution in [0.1, 0.15) is 37.7 Å². The van der Waals surface area contributed by atoms with Crippen LogP contribution in [0, 0.1) is 0 Å². The monoisotopic (exact) mass is 378 g/mol. The Morgan fingerprint density at radius 3 is 2.57 bits per heavy atom. The first-order valence-corrected chi connectivity index (χ1v) is 9.93. The fourth-order valence-electron chi connectivity index (χ4n) is 4.53. The fourth-order valence-corrected chi connectivity index (χ4v) is 4.53. The summed E-state index contributed by atoms with van der Waals surface area (Å²) in [6, 6.07) is 17.3. The molecule has 1 atom stereocenters. The SMILES string of the molecule is COc1cccc(C2(C(=O)NC3CC(=O)N(c4ccccc4)C3)CCCC2)c1. The van der Waals surface area contributed by atoms with Crippen molar-refractivity contribution in [2.24, 2.45) is 0 Å². The van der Waals surface area contributed by atoms with Gasteiger partial charge in [0.1, 0.15) is 5.75 Å². The van der Waals surface area contributed by atoms with Crippen molar-refractivity contribution in [3.63, 3.8) is 0 Å². The summed E-state index contributed by atoms with van der Waals surface area (Å²) in [4.78, 5) is 27.6. The lowest BCUT2D eigenvalue weighted by atomic mass is 9.77. The van der Waals surface area contributed by atoms with Gasteiger partial charge in [0.05, 0.1) is 18.6 Å². The van der Waals surface area contributed by atoms with E-state index in [1.54, 1.807) is 12.0 Å². The van der Waals surface area contributed by atoms with Crippen molar-refractivity contribution in [3.05, 3.63) is 60.2 Å². The maximum atomic E-state index is 13.4. The molecule has 2 aromatic carbocycles. The van der Waals surface area contributed by atoms with E-state index in [1.165, 1.54) is 0 Å². The summed E-state index contributed by atoms with van der Waals surface area (Å²) in [6.45, 7) is 0.517. The Morgan fingerprint density at radius 2 is 1.86 bits per heavy atom. The maximum Gasteiger partial charge on any atom is 0.230 e. The second-order valence-electron chi connectivity index (χ2n) is 7.74. The van der Waals surface area contributed by atoms with Gasteiger partial charge in [-0.3, -0.25) is 9.59 Å². The zero-order valence-corrected chi connectivity index (χ0v) is 16.2. The summed E-state index contributed by atoms with van der Waals surface area (Å²) in [5.41, 5.74) is 1.36. The zero-order chi connectivity index (χ0) is 19.6. The van der Waals surface area contributed by atoms with Gasteiger partial charge >= 0.3 is 0 Å². The fraction of sp³-hybridized carbons (Fsp3) is 0.391. The number of methoxy groups -OCH3 is 1. The van der Waals surface area contributed by atoms with Gasteiger partial charge in [-0.15, -0.1) is 0 Å². The average Bonchev–Trinajstić information content (AvgIpc) is 3.36. The molecule has 1 saturated carbocycles. The molecule has 2 aliphatic rings. The molecule has 1 aliphatic heterocycles. The molecule has 0 aromatic heterocycles. The van der Waals surface area contributed by atoms with Crippen molar-refractivity contribution < 1.29 is 14.3 Å². The minimum absolute atomic E-state index is 0.0333. The Bertz CT molecular complexity index is 859. The number of carbonyl (C=O) groups is 2. The average molecular weight is 378 g/mol. The Kier molecular flexibility index (Phi) is 5.07. The van der Waals surface area contributed by atoms with Crippen LogP contribution in [0.4, 0.5) is 5.69 Å². The van der Waals surface area contributed by atoms with Crippen LogP contribution in [-0.2, 0) is 15.0 Å². The highest BCUT2D eigenvalue weighted by molar-refractivity contribution is 5.97. The number of para-hydroxylation sites is 1. The van der Waals surface area contributed by atoms with Crippen LogP contribution in [0.15, 0.2) is 54.6 Å². The van der Waals surface area contributed by atoms with Crippen molar-refractivity contribution in [3.8, 4) is 5.75 Å². The number of nitrogens with one attached hydrogen (secondary N) is 1. The molecule has 1 N–H and O–H groups in total. The van der Waals surface area contributed by atoms with Crippen LogP contribution in [0.3, 0.4) is 0 Å². The molecule has 0 radical (unpaired) electrons. The van der Waals surface area contributed by atoms with Crippen molar-refractivity contribution in [1.29, 1.82) is 0 Å². The minimum Gasteiger partial charge on any atom is -0.497 e. The lowest BCUT2D eigenvalue weighted by molar-refractivity contribution is -0.127. The lowest BCUT2D eigenvalue weighted by Crippen LogP contribution is -2.47. The summed E-state index contributed by atoms with van der Waals surface area (Å²) in [5.74, 6) is 0.854. The van der Waals surface area contributed by atoms with E-state index in [1.807, 2.05) is 54.6 Å². The Morgan fingerprint density at radius 1 is 1.11 bits per heavy atom. The summed E-state index contributed by atoms with van der Waals surface area (Å²) in [5, 5.41) is 3.19. The van der Waals surface area contributed by atoms with Crippen LogP contribution >= 0.6 is 0 Å².